The number of carbonyl (C=O) groups is 1. The third kappa shape index (κ3) is 19.6. The molecule has 113 heavy (non-hydrogen) atoms. The lowest BCUT2D eigenvalue weighted by Gasteiger charge is -2.57. The summed E-state index contributed by atoms with van der Waals surface area (Å²) in [6, 6.07) is 79.2. The van der Waals surface area contributed by atoms with Crippen molar-refractivity contribution in [2.75, 3.05) is 40.1 Å². The van der Waals surface area contributed by atoms with Crippen LogP contribution in [0.2, 0.25) is 0 Å². The number of rotatable bonds is 32. The van der Waals surface area contributed by atoms with Gasteiger partial charge in [0, 0.05) is 47.6 Å². The summed E-state index contributed by atoms with van der Waals surface area (Å²) in [6.45, 7) is 3.36. The highest BCUT2D eigenvalue weighted by atomic mass is 16.9. The molecule has 8 aromatic carbocycles. The zero-order valence-electron chi connectivity index (χ0n) is 63.8. The van der Waals surface area contributed by atoms with Crippen LogP contribution >= 0.6 is 0 Å². The van der Waals surface area contributed by atoms with Crippen molar-refractivity contribution in [3.05, 3.63) is 287 Å². The third-order valence-electron chi connectivity index (χ3n) is 22.1. The molecule has 23 atom stereocenters. The average Bonchev–Trinajstić information content (AvgIpc) is 0.718. The van der Waals surface area contributed by atoms with E-state index in [1.54, 1.807) is 0 Å². The maximum absolute atomic E-state index is 11.9. The quantitative estimate of drug-likeness (QED) is 0.0283. The highest BCUT2D eigenvalue weighted by Gasteiger charge is 2.65. The van der Waals surface area contributed by atoms with E-state index in [9.17, 15) is 4.79 Å². The second-order valence-corrected chi connectivity index (χ2v) is 29.9. The molecule has 8 saturated heterocycles. The van der Waals surface area contributed by atoms with Crippen LogP contribution in [0.1, 0.15) is 128 Å². The molecule has 0 amide bonds. The first-order valence-electron chi connectivity index (χ1n) is 40.0. The van der Waals surface area contributed by atoms with Crippen LogP contribution in [0.5, 0.6) is 0 Å². The molecule has 8 heterocycles. The van der Waals surface area contributed by atoms with Crippen molar-refractivity contribution in [1.29, 1.82) is 0 Å². The monoisotopic (exact) mass is 1550 g/mol. The number of hydrogen-bond acceptors (Lipinski definition) is 22. The van der Waals surface area contributed by atoms with Gasteiger partial charge in [-0.3, -0.25) is 4.79 Å². The van der Waals surface area contributed by atoms with Crippen molar-refractivity contribution in [1.82, 2.24) is 0 Å². The van der Waals surface area contributed by atoms with Crippen molar-refractivity contribution in [2.45, 2.75) is 220 Å². The smallest absolute Gasteiger partial charge is 0.305 e. The zero-order chi connectivity index (χ0) is 76.6. The predicted octanol–water partition coefficient (Wildman–Crippen LogP) is 14.7. The van der Waals surface area contributed by atoms with Crippen LogP contribution in [-0.2, 0) is 131 Å². The summed E-state index contributed by atoms with van der Waals surface area (Å²) in [5.41, 5.74) is 6.92. The Labute approximate surface area is 660 Å². The fourth-order valence-corrected chi connectivity index (χ4v) is 16.2. The van der Waals surface area contributed by atoms with Gasteiger partial charge in [0.15, 0.2) is 50.3 Å². The van der Waals surface area contributed by atoms with Crippen molar-refractivity contribution in [3.63, 3.8) is 0 Å². The maximum Gasteiger partial charge on any atom is 0.305 e. The molecular weight excluding hydrogens is 1440 g/mol. The minimum atomic E-state index is -1.94. The van der Waals surface area contributed by atoms with Crippen LogP contribution in [-0.4, -0.2) is 156 Å². The number of ether oxygens (including phenoxy) is 21. The molecule has 8 fully saturated rings. The van der Waals surface area contributed by atoms with Crippen LogP contribution in [0.25, 0.3) is 0 Å². The van der Waals surface area contributed by atoms with E-state index in [0.717, 1.165) is 77.5 Å². The number of carbonyl (C=O) groups excluding carboxylic acids is 1. The second kappa shape index (κ2) is 38.9. The molecule has 22 nitrogen and oxygen atoms in total. The number of unbranched alkanes of at least 4 members (excludes halogenated alkanes) is 5. The number of esters is 1. The molecule has 8 aliphatic rings. The van der Waals surface area contributed by atoms with E-state index in [2.05, 4.69) is 6.92 Å². The summed E-state index contributed by atoms with van der Waals surface area (Å²) in [5.74, 6) is -2.67. The van der Waals surface area contributed by atoms with Gasteiger partial charge >= 0.3 is 5.97 Å². The molecule has 0 aromatic heterocycles. The summed E-state index contributed by atoms with van der Waals surface area (Å²) in [6.07, 6.45) is -13.5. The van der Waals surface area contributed by atoms with E-state index < -0.39 is 141 Å². The molecule has 598 valence electrons. The van der Waals surface area contributed by atoms with Gasteiger partial charge in [-0.1, -0.05) is 275 Å². The fraction of sp³-hybridized carbons (Fsp3) is 0.462. The lowest BCUT2D eigenvalue weighted by Crippen LogP contribution is -2.72. The van der Waals surface area contributed by atoms with Gasteiger partial charge < -0.3 is 99.5 Å². The molecule has 8 aliphatic heterocycles. The Morgan fingerprint density at radius 2 is 0.752 bits per heavy atom. The highest BCUT2D eigenvalue weighted by molar-refractivity contribution is 5.69. The van der Waals surface area contributed by atoms with Crippen molar-refractivity contribution in [3.8, 4) is 0 Å². The van der Waals surface area contributed by atoms with Crippen LogP contribution < -0.4 is 0 Å². The van der Waals surface area contributed by atoms with Gasteiger partial charge in [0.1, 0.15) is 73.2 Å². The molecule has 0 saturated carbocycles. The van der Waals surface area contributed by atoms with Gasteiger partial charge in [-0.25, -0.2) is 0 Å². The Morgan fingerprint density at radius 3 is 1.22 bits per heavy atom. The molecule has 8 aromatic rings. The highest BCUT2D eigenvalue weighted by Crippen LogP contribution is 2.50. The molecule has 0 spiro atoms. The SMILES string of the molecule is COC(=O)CCCCCCCCOC1OC2COC(c3ccccc3)O[C@H]2[C@@H](OCc2ccccc2)C1O[C@H]1C[C@H](OCc2ccccc2)[C@]2(O[C@@H]3OC4COC(c5ccccc5)O[C@H]4[C@@H](OCc4ccccc4)C3O[C@@H]3OC4COC(c5ccccc5)O[C@H]4[C@@H](OCc4ccccc4)C3C)OC(c3ccccc3)OCC2O1. The van der Waals surface area contributed by atoms with Crippen molar-refractivity contribution < 1.29 is 104 Å². The fourth-order valence-electron chi connectivity index (χ4n) is 16.2. The number of hydrogen-bond donors (Lipinski definition) is 0. The summed E-state index contributed by atoms with van der Waals surface area (Å²) >= 11 is 0. The maximum atomic E-state index is 11.9. The van der Waals surface area contributed by atoms with Crippen LogP contribution in [0.4, 0.5) is 0 Å². The minimum Gasteiger partial charge on any atom is -0.469 e. The third-order valence-corrected chi connectivity index (χ3v) is 22.1. The van der Waals surface area contributed by atoms with Crippen LogP contribution in [0.3, 0.4) is 0 Å². The Hall–Kier alpha value is -7.57. The van der Waals surface area contributed by atoms with E-state index in [0.29, 0.717) is 18.6 Å². The topological polar surface area (TPSA) is 211 Å². The number of methoxy groups -OCH3 is 1. The second-order valence-electron chi connectivity index (χ2n) is 29.9. The average molecular weight is 1550 g/mol. The first kappa shape index (κ1) is 79.3. The first-order chi connectivity index (χ1) is 55.7. The normalized spacial score (nSPS) is 32.9. The summed E-state index contributed by atoms with van der Waals surface area (Å²) < 4.78 is 149. The molecule has 0 bridgehead atoms. The molecule has 0 aliphatic carbocycles. The Bertz CT molecular complexity index is 4130. The number of fused-ring (bicyclic) bond motifs is 4. The zero-order valence-corrected chi connectivity index (χ0v) is 63.8. The largest absolute Gasteiger partial charge is 0.469 e. The molecule has 0 N–H and O–H groups in total. The summed E-state index contributed by atoms with van der Waals surface area (Å²) in [4.78, 5) is 11.9. The molecular formula is C91H102O22. The molecule has 0 radical (unpaired) electrons. The molecule has 16 rings (SSSR count). The van der Waals surface area contributed by atoms with Gasteiger partial charge in [-0.05, 0) is 35.1 Å². The van der Waals surface area contributed by atoms with Crippen LogP contribution in [0, 0.1) is 5.92 Å². The van der Waals surface area contributed by atoms with Gasteiger partial charge in [0.25, 0.3) is 0 Å². The van der Waals surface area contributed by atoms with E-state index in [4.69, 9.17) is 99.5 Å². The van der Waals surface area contributed by atoms with E-state index >= 15 is 0 Å². The van der Waals surface area contributed by atoms with Crippen LogP contribution in [0.15, 0.2) is 243 Å². The van der Waals surface area contributed by atoms with E-state index in [1.807, 2.05) is 243 Å². The lowest BCUT2D eigenvalue weighted by molar-refractivity contribution is -0.496. The van der Waals surface area contributed by atoms with Gasteiger partial charge in [0.2, 0.25) is 5.79 Å². The Kier molecular flexibility index (Phi) is 27.3. The van der Waals surface area contributed by atoms with Gasteiger partial charge in [-0.15, -0.1) is 0 Å². The minimum absolute atomic E-state index is 0.0143. The summed E-state index contributed by atoms with van der Waals surface area (Å²) in [5, 5.41) is 0. The molecule has 12 unspecified atom stereocenters. The molecule has 22 heteroatoms. The van der Waals surface area contributed by atoms with E-state index in [-0.39, 0.29) is 65.2 Å². The summed E-state index contributed by atoms with van der Waals surface area (Å²) in [7, 11) is 1.42. The predicted molar refractivity (Wildman–Crippen MR) is 409 cm³/mol. The lowest BCUT2D eigenvalue weighted by atomic mass is 9.90. The van der Waals surface area contributed by atoms with Crippen molar-refractivity contribution in [2.24, 2.45) is 5.92 Å². The standard InChI is InChI=1S/C91H102O22/c1-60-76(96-53-62-35-17-8-18-36-62)77-69(56-99-85(108-77)65-41-23-11-24-42-65)103-84(60)111-83-81(98-55-64-39-21-10-22-40-64)79-71(58-101-87(110-79)67-45-27-13-28-46-67)105-90(83)113-91-72(95-52-61-33-15-7-16-34-61)51-75(106-73(91)59-102-88(112-91)68-47-29-14-30-48-68)107-82-80(97-54-63-37-19-9-20-38-63)78-70(57-100-86(109-78)66-43-25-12-26-44-66)104-89(82)94-50-32-6-4-3-5-31-49-74(92)93-2/h7-30,33-48,60,69-73,75-90H,3-6,31-32,49-59H2,1-2H3/t60?,69?,70?,71?,72-,73?,75-,76-,77+,78+,79+,80+,81+,82?,83?,84-,85?,86?,87?,88?,89?,90-,91+/m0/s1. The van der Waals surface area contributed by atoms with E-state index in [1.165, 1.54) is 7.11 Å². The Morgan fingerprint density at radius 1 is 0.372 bits per heavy atom. The Balaban J connectivity index is 0.770. The van der Waals surface area contributed by atoms with Gasteiger partial charge in [0.05, 0.1) is 66.1 Å². The first-order valence-corrected chi connectivity index (χ1v) is 40.0. The number of benzene rings is 8. The van der Waals surface area contributed by atoms with Gasteiger partial charge in [-0.2, -0.15) is 0 Å². The van der Waals surface area contributed by atoms with Crippen molar-refractivity contribution >= 4 is 5.97 Å².